The normalized spacial score (nSPS) is 14.3. The van der Waals surface area contributed by atoms with Crippen LogP contribution in [0.3, 0.4) is 0 Å². The zero-order valence-corrected chi connectivity index (χ0v) is 10.5. The molecule has 0 aliphatic rings. The predicted octanol–water partition coefficient (Wildman–Crippen LogP) is 2.25. The topological polar surface area (TPSA) is 61.7 Å². The SMILES string of the molecule is C=CCNC(C=NO)(CC)C(=O)c1ccccc1. The van der Waals surface area contributed by atoms with Gasteiger partial charge in [-0.2, -0.15) is 0 Å². The Morgan fingerprint density at radius 2 is 2.17 bits per heavy atom. The van der Waals surface area contributed by atoms with Crippen molar-refractivity contribution in [3.8, 4) is 0 Å². The number of carbonyl (C=O) groups excluding carboxylic acids is 1. The van der Waals surface area contributed by atoms with Crippen molar-refractivity contribution in [3.05, 3.63) is 48.6 Å². The molecule has 0 aliphatic heterocycles. The molecule has 0 amide bonds. The fourth-order valence-corrected chi connectivity index (χ4v) is 1.76. The van der Waals surface area contributed by atoms with E-state index in [1.165, 1.54) is 6.21 Å². The van der Waals surface area contributed by atoms with Crippen molar-refractivity contribution < 1.29 is 10.0 Å². The molecule has 0 heterocycles. The molecule has 0 fully saturated rings. The van der Waals surface area contributed by atoms with E-state index in [9.17, 15) is 4.79 Å². The third-order valence-electron chi connectivity index (χ3n) is 2.84. The van der Waals surface area contributed by atoms with Crippen LogP contribution >= 0.6 is 0 Å². The number of ketones is 1. The van der Waals surface area contributed by atoms with E-state index in [-0.39, 0.29) is 5.78 Å². The minimum atomic E-state index is -0.996. The Hall–Kier alpha value is -1.94. The van der Waals surface area contributed by atoms with Gasteiger partial charge >= 0.3 is 0 Å². The molecule has 2 N–H and O–H groups in total. The number of hydrogen-bond acceptors (Lipinski definition) is 4. The molecule has 1 rings (SSSR count). The van der Waals surface area contributed by atoms with Crippen LogP contribution in [-0.2, 0) is 0 Å². The van der Waals surface area contributed by atoms with Crippen LogP contribution in [0.1, 0.15) is 23.7 Å². The largest absolute Gasteiger partial charge is 0.411 e. The minimum Gasteiger partial charge on any atom is -0.411 e. The standard InChI is InChI=1S/C14H18N2O2/c1-3-10-15-14(4-2,11-16-18)13(17)12-8-6-5-7-9-12/h3,5-9,11,15,18H,1,4,10H2,2H3. The van der Waals surface area contributed by atoms with Gasteiger partial charge in [0.25, 0.3) is 0 Å². The lowest BCUT2D eigenvalue weighted by atomic mass is 9.87. The van der Waals surface area contributed by atoms with Gasteiger partial charge in [0.2, 0.25) is 0 Å². The molecule has 1 aromatic rings. The van der Waals surface area contributed by atoms with Gasteiger partial charge in [-0.15, -0.1) is 6.58 Å². The summed E-state index contributed by atoms with van der Waals surface area (Å²) in [5, 5.41) is 14.9. The molecule has 0 spiro atoms. The van der Waals surface area contributed by atoms with Crippen LogP contribution in [0.25, 0.3) is 0 Å². The van der Waals surface area contributed by atoms with Crippen LogP contribution in [0.5, 0.6) is 0 Å². The number of benzene rings is 1. The number of hydrogen-bond donors (Lipinski definition) is 2. The quantitative estimate of drug-likeness (QED) is 0.255. The fourth-order valence-electron chi connectivity index (χ4n) is 1.76. The van der Waals surface area contributed by atoms with E-state index in [4.69, 9.17) is 5.21 Å². The molecule has 4 heteroatoms. The van der Waals surface area contributed by atoms with Gasteiger partial charge in [-0.1, -0.05) is 48.5 Å². The monoisotopic (exact) mass is 246 g/mol. The van der Waals surface area contributed by atoms with Gasteiger partial charge in [0.1, 0.15) is 5.54 Å². The van der Waals surface area contributed by atoms with Gasteiger partial charge in [0.15, 0.2) is 5.78 Å². The summed E-state index contributed by atoms with van der Waals surface area (Å²) in [6.45, 7) is 5.93. The van der Waals surface area contributed by atoms with Crippen LogP contribution in [0.4, 0.5) is 0 Å². The summed E-state index contributed by atoms with van der Waals surface area (Å²) >= 11 is 0. The number of Topliss-reactive ketones (excluding diaryl/α,β-unsaturated/α-hetero) is 1. The summed E-state index contributed by atoms with van der Waals surface area (Å²) < 4.78 is 0. The average Bonchev–Trinajstić information content (AvgIpc) is 2.44. The first-order valence-corrected chi connectivity index (χ1v) is 5.84. The van der Waals surface area contributed by atoms with Crippen molar-refractivity contribution in [3.63, 3.8) is 0 Å². The van der Waals surface area contributed by atoms with Gasteiger partial charge in [-0.25, -0.2) is 0 Å². The molecule has 1 atom stereocenters. The molecule has 96 valence electrons. The second-order valence-corrected chi connectivity index (χ2v) is 3.93. The van der Waals surface area contributed by atoms with Crippen LogP contribution < -0.4 is 5.32 Å². The number of rotatable bonds is 7. The first kappa shape index (κ1) is 14.1. The van der Waals surface area contributed by atoms with Crippen molar-refractivity contribution in [2.24, 2.45) is 5.16 Å². The molecule has 0 aromatic heterocycles. The zero-order chi connectivity index (χ0) is 13.4. The van der Waals surface area contributed by atoms with E-state index in [0.29, 0.717) is 18.5 Å². The Morgan fingerprint density at radius 1 is 1.50 bits per heavy atom. The van der Waals surface area contributed by atoms with Gasteiger partial charge < -0.3 is 5.21 Å². The summed E-state index contributed by atoms with van der Waals surface area (Å²) in [5.74, 6) is -0.120. The Kier molecular flexibility index (Phi) is 5.27. The van der Waals surface area contributed by atoms with E-state index in [0.717, 1.165) is 0 Å². The molecule has 1 aromatic carbocycles. The highest BCUT2D eigenvalue weighted by molar-refractivity contribution is 6.13. The van der Waals surface area contributed by atoms with E-state index in [2.05, 4.69) is 17.1 Å². The molecular weight excluding hydrogens is 228 g/mol. The minimum absolute atomic E-state index is 0.120. The Labute approximate surface area is 107 Å². The number of nitrogens with one attached hydrogen (secondary N) is 1. The van der Waals surface area contributed by atoms with Crippen molar-refractivity contribution >= 4 is 12.0 Å². The Morgan fingerprint density at radius 3 is 2.67 bits per heavy atom. The maximum Gasteiger partial charge on any atom is 0.188 e. The van der Waals surface area contributed by atoms with E-state index in [1.54, 1.807) is 30.3 Å². The molecule has 1 unspecified atom stereocenters. The maximum absolute atomic E-state index is 12.5. The summed E-state index contributed by atoms with van der Waals surface area (Å²) in [7, 11) is 0. The molecule has 0 saturated carbocycles. The van der Waals surface area contributed by atoms with Crippen LogP contribution in [0.2, 0.25) is 0 Å². The summed E-state index contributed by atoms with van der Waals surface area (Å²) in [4.78, 5) is 12.5. The first-order chi connectivity index (χ1) is 8.70. The van der Waals surface area contributed by atoms with Crippen LogP contribution in [-0.4, -0.2) is 29.3 Å². The van der Waals surface area contributed by atoms with Crippen molar-refractivity contribution in [1.29, 1.82) is 0 Å². The van der Waals surface area contributed by atoms with E-state index >= 15 is 0 Å². The van der Waals surface area contributed by atoms with E-state index in [1.807, 2.05) is 13.0 Å². The number of carbonyl (C=O) groups is 1. The lowest BCUT2D eigenvalue weighted by molar-refractivity contribution is 0.0907. The first-order valence-electron chi connectivity index (χ1n) is 5.84. The van der Waals surface area contributed by atoms with Gasteiger partial charge in [-0.3, -0.25) is 10.1 Å². The Bertz CT molecular complexity index is 429. The van der Waals surface area contributed by atoms with Crippen molar-refractivity contribution in [2.75, 3.05) is 6.54 Å². The van der Waals surface area contributed by atoms with Gasteiger partial charge in [0.05, 0.1) is 6.21 Å². The number of oxime groups is 1. The molecule has 0 aliphatic carbocycles. The summed E-state index contributed by atoms with van der Waals surface area (Å²) in [5.41, 5.74) is -0.416. The fraction of sp³-hybridized carbons (Fsp3) is 0.286. The lowest BCUT2D eigenvalue weighted by Crippen LogP contribution is -2.53. The molecule has 18 heavy (non-hydrogen) atoms. The summed E-state index contributed by atoms with van der Waals surface area (Å²) in [6.07, 6.45) is 3.39. The van der Waals surface area contributed by atoms with Crippen molar-refractivity contribution in [1.82, 2.24) is 5.32 Å². The predicted molar refractivity (Wildman–Crippen MR) is 72.3 cm³/mol. The lowest BCUT2D eigenvalue weighted by Gasteiger charge is -2.27. The molecule has 4 nitrogen and oxygen atoms in total. The van der Waals surface area contributed by atoms with Crippen LogP contribution in [0.15, 0.2) is 48.1 Å². The maximum atomic E-state index is 12.5. The summed E-state index contributed by atoms with van der Waals surface area (Å²) in [6, 6.07) is 8.94. The smallest absolute Gasteiger partial charge is 0.188 e. The van der Waals surface area contributed by atoms with Crippen LogP contribution in [0, 0.1) is 0 Å². The highest BCUT2D eigenvalue weighted by Crippen LogP contribution is 2.16. The van der Waals surface area contributed by atoms with Gasteiger partial charge in [-0.05, 0) is 6.42 Å². The Balaban J connectivity index is 3.09. The second kappa shape index (κ2) is 6.71. The third-order valence-corrected chi connectivity index (χ3v) is 2.84. The highest BCUT2D eigenvalue weighted by Gasteiger charge is 2.35. The second-order valence-electron chi connectivity index (χ2n) is 3.93. The zero-order valence-electron chi connectivity index (χ0n) is 10.5. The van der Waals surface area contributed by atoms with Crippen molar-refractivity contribution in [2.45, 2.75) is 18.9 Å². The van der Waals surface area contributed by atoms with Gasteiger partial charge in [0, 0.05) is 12.1 Å². The molecule has 0 saturated heterocycles. The van der Waals surface area contributed by atoms with E-state index < -0.39 is 5.54 Å². The average molecular weight is 246 g/mol. The number of nitrogens with zero attached hydrogens (tertiary/aromatic N) is 1. The highest BCUT2D eigenvalue weighted by atomic mass is 16.4. The molecule has 0 radical (unpaired) electrons. The third kappa shape index (κ3) is 3.05. The molecular formula is C14H18N2O2. The molecule has 0 bridgehead atoms.